The van der Waals surface area contributed by atoms with E-state index in [1.807, 2.05) is 0 Å². The Hall–Kier alpha value is 0.660. The van der Waals surface area contributed by atoms with Crippen molar-refractivity contribution in [2.75, 3.05) is 20.3 Å². The molecule has 0 spiro atoms. The lowest BCUT2D eigenvalue weighted by atomic mass is 10.3. The van der Waals surface area contributed by atoms with Crippen LogP contribution in [0.25, 0.3) is 0 Å². The molecule has 0 atom stereocenters. The van der Waals surface area contributed by atoms with Crippen molar-refractivity contribution >= 4 is 50.9 Å². The molecule has 0 amide bonds. The molecule has 9 N–H and O–H groups in total. The third-order valence-electron chi connectivity index (χ3n) is 1.74. The molecule has 106 valence electrons. The topological polar surface area (TPSA) is 111 Å². The summed E-state index contributed by atoms with van der Waals surface area (Å²) in [7, 11) is 2.10. The van der Waals surface area contributed by atoms with Crippen LogP contribution >= 0.6 is 50.9 Å². The predicted octanol–water partition coefficient (Wildman–Crippen LogP) is 3.68. The van der Waals surface area contributed by atoms with Gasteiger partial charge in [0, 0.05) is 26.0 Å². The smallest absolute Gasteiger partial charge is 0.0890 e. The van der Waals surface area contributed by atoms with Crippen LogP contribution in [0.2, 0.25) is 0 Å². The van der Waals surface area contributed by atoms with E-state index in [-0.39, 0.29) is 69.4 Å². The van der Waals surface area contributed by atoms with Gasteiger partial charge in [-0.25, -0.2) is 0 Å². The Kier molecular flexibility index (Phi) is 47.2. The Bertz CT molecular complexity index is 137. The summed E-state index contributed by atoms with van der Waals surface area (Å²) in [5.41, 5.74) is 0. The largest absolute Gasteiger partial charge is 0.362 e. The van der Waals surface area contributed by atoms with Gasteiger partial charge in [0.1, 0.15) is 0 Å². The van der Waals surface area contributed by atoms with Gasteiger partial charge in [0.2, 0.25) is 0 Å². The van der Waals surface area contributed by atoms with E-state index < -0.39 is 0 Å². The minimum absolute atomic E-state index is 0. The van der Waals surface area contributed by atoms with Gasteiger partial charge in [0.05, 0.1) is 6.67 Å². The van der Waals surface area contributed by atoms with Gasteiger partial charge in [-0.1, -0.05) is 13.3 Å². The summed E-state index contributed by atoms with van der Waals surface area (Å²) in [5, 5.41) is 0. The molecule has 1 rings (SSSR count). The molecule has 0 aromatic rings. The normalized spacial score (nSPS) is 10.6. The van der Waals surface area contributed by atoms with Crippen LogP contribution < -0.4 is 18.5 Å². The van der Waals surface area contributed by atoms with Crippen LogP contribution in [0.15, 0.2) is 12.4 Å². The molecule has 0 radical (unpaired) electrons. The maximum atomic E-state index is 2.34. The Morgan fingerprint density at radius 1 is 1.00 bits per heavy atom. The van der Waals surface area contributed by atoms with Crippen molar-refractivity contribution in [2.24, 2.45) is 0 Å². The van der Waals surface area contributed by atoms with E-state index in [9.17, 15) is 0 Å². The first-order valence-corrected chi connectivity index (χ1v) is 3.95. The fourth-order valence-corrected chi connectivity index (χ4v) is 1.10. The molecular formula is C8H28Br3N5. The first-order chi connectivity index (χ1) is 4.83. The quantitative estimate of drug-likeness (QED) is 0.628. The molecule has 0 saturated heterocycles. The van der Waals surface area contributed by atoms with E-state index >= 15 is 0 Å². The van der Waals surface area contributed by atoms with E-state index in [0.29, 0.717) is 0 Å². The molecule has 8 heteroatoms. The van der Waals surface area contributed by atoms with E-state index in [4.69, 9.17) is 0 Å². The molecule has 1 aliphatic heterocycles. The van der Waals surface area contributed by atoms with Gasteiger partial charge in [-0.05, 0) is 6.42 Å². The number of hydrogen-bond acceptors (Lipinski definition) is 5. The molecule has 1 aliphatic rings. The molecule has 0 unspecified atom stereocenters. The summed E-state index contributed by atoms with van der Waals surface area (Å²) < 4.78 is 0. The van der Waals surface area contributed by atoms with Crippen LogP contribution in [0.1, 0.15) is 19.8 Å². The zero-order chi connectivity index (χ0) is 7.40. The first-order valence-electron chi connectivity index (χ1n) is 3.95. The number of rotatable bonds is 3. The number of nitrogens with zero attached hydrogens (tertiary/aromatic N) is 2. The van der Waals surface area contributed by atoms with Crippen LogP contribution in [0.3, 0.4) is 0 Å². The summed E-state index contributed by atoms with van der Waals surface area (Å²) in [5.74, 6) is 0. The van der Waals surface area contributed by atoms with Gasteiger partial charge in [-0.3, -0.25) is 0 Å². The average molecular weight is 434 g/mol. The van der Waals surface area contributed by atoms with Crippen molar-refractivity contribution in [1.82, 2.24) is 28.3 Å². The first kappa shape index (κ1) is 36.0. The lowest BCUT2D eigenvalue weighted by molar-refractivity contribution is 0.293. The zero-order valence-corrected chi connectivity index (χ0v) is 15.4. The van der Waals surface area contributed by atoms with Gasteiger partial charge < -0.3 is 28.3 Å². The number of hydrogen-bond donors (Lipinski definition) is 3. The van der Waals surface area contributed by atoms with Crippen LogP contribution in [0.5, 0.6) is 0 Å². The second-order valence-corrected chi connectivity index (χ2v) is 2.86. The molecule has 0 aromatic carbocycles. The minimum Gasteiger partial charge on any atom is -0.362 e. The fourth-order valence-electron chi connectivity index (χ4n) is 1.10. The molecule has 0 bridgehead atoms. The molecule has 0 fully saturated rings. The highest BCUT2D eigenvalue weighted by Gasteiger charge is 2.05. The third kappa shape index (κ3) is 14.7. The van der Waals surface area contributed by atoms with E-state index in [1.54, 1.807) is 0 Å². The SMILES string of the molecule is Br.Br.Br.CCCCN1C=CN(C)C1.N.N.N. The average Bonchev–Trinajstić information content (AvgIpc) is 2.31. The molecule has 1 heterocycles. The van der Waals surface area contributed by atoms with Crippen LogP contribution in [0.4, 0.5) is 0 Å². The molecular weight excluding hydrogens is 406 g/mol. The second kappa shape index (κ2) is 21.0. The van der Waals surface area contributed by atoms with Gasteiger partial charge >= 0.3 is 0 Å². The lowest BCUT2D eigenvalue weighted by Crippen LogP contribution is -2.23. The number of unbranched alkanes of at least 4 members (excludes halogenated alkanes) is 1. The summed E-state index contributed by atoms with van der Waals surface area (Å²) in [6.45, 7) is 4.50. The second-order valence-electron chi connectivity index (χ2n) is 2.86. The van der Waals surface area contributed by atoms with Gasteiger partial charge in [0.15, 0.2) is 0 Å². The summed E-state index contributed by atoms with van der Waals surface area (Å²) in [6.07, 6.45) is 6.87. The van der Waals surface area contributed by atoms with Crippen molar-refractivity contribution in [1.29, 1.82) is 0 Å². The van der Waals surface area contributed by atoms with Crippen molar-refractivity contribution in [2.45, 2.75) is 19.8 Å². The molecule has 0 aromatic heterocycles. The van der Waals surface area contributed by atoms with E-state index in [0.717, 1.165) is 6.67 Å². The van der Waals surface area contributed by atoms with Crippen LogP contribution in [-0.4, -0.2) is 30.1 Å². The number of halogens is 3. The van der Waals surface area contributed by atoms with Gasteiger partial charge in [0.25, 0.3) is 0 Å². The molecule has 5 nitrogen and oxygen atoms in total. The van der Waals surface area contributed by atoms with Crippen molar-refractivity contribution in [3.05, 3.63) is 12.4 Å². The van der Waals surface area contributed by atoms with Crippen LogP contribution in [-0.2, 0) is 0 Å². The maximum absolute atomic E-state index is 2.34. The minimum atomic E-state index is 0. The third-order valence-corrected chi connectivity index (χ3v) is 1.74. The van der Waals surface area contributed by atoms with E-state index in [1.165, 1.54) is 19.4 Å². The summed E-state index contributed by atoms with van der Waals surface area (Å²) >= 11 is 0. The predicted molar refractivity (Wildman–Crippen MR) is 89.4 cm³/mol. The summed E-state index contributed by atoms with van der Waals surface area (Å²) in [6, 6.07) is 0. The highest BCUT2D eigenvalue weighted by atomic mass is 79.9. The van der Waals surface area contributed by atoms with Crippen LogP contribution in [0, 0.1) is 0 Å². The fraction of sp³-hybridized carbons (Fsp3) is 0.750. The van der Waals surface area contributed by atoms with Gasteiger partial charge in [-0.15, -0.1) is 50.9 Å². The van der Waals surface area contributed by atoms with Crippen molar-refractivity contribution in [3.8, 4) is 0 Å². The highest BCUT2D eigenvalue weighted by molar-refractivity contribution is 8.93. The lowest BCUT2D eigenvalue weighted by Gasteiger charge is -2.17. The Balaban J connectivity index is -0.0000000417. The Morgan fingerprint density at radius 3 is 1.81 bits per heavy atom. The molecule has 0 saturated carbocycles. The standard InChI is InChI=1S/C8H16N2.3BrH.3H3N/c1-3-4-5-10-7-6-9(2)8-10;;;;;;/h6-7H,3-5,8H2,1-2H3;3*1H;3*1H3. The molecule has 16 heavy (non-hydrogen) atoms. The van der Waals surface area contributed by atoms with E-state index in [2.05, 4.69) is 36.2 Å². The summed E-state index contributed by atoms with van der Waals surface area (Å²) in [4.78, 5) is 4.53. The van der Waals surface area contributed by atoms with Crippen molar-refractivity contribution in [3.63, 3.8) is 0 Å². The Labute approximate surface area is 131 Å². The van der Waals surface area contributed by atoms with Crippen molar-refractivity contribution < 1.29 is 0 Å². The Morgan fingerprint density at radius 2 is 1.50 bits per heavy atom. The maximum Gasteiger partial charge on any atom is 0.0890 e. The zero-order valence-electron chi connectivity index (χ0n) is 10.2. The highest BCUT2D eigenvalue weighted by Crippen LogP contribution is 2.04. The molecule has 0 aliphatic carbocycles. The van der Waals surface area contributed by atoms with Gasteiger partial charge in [-0.2, -0.15) is 0 Å². The monoisotopic (exact) mass is 431 g/mol.